The lowest BCUT2D eigenvalue weighted by atomic mass is 10.1. The van der Waals surface area contributed by atoms with Crippen molar-refractivity contribution in [1.82, 2.24) is 0 Å². The van der Waals surface area contributed by atoms with Crippen molar-refractivity contribution < 1.29 is 8.42 Å². The van der Waals surface area contributed by atoms with E-state index in [1.54, 1.807) is 12.1 Å². The van der Waals surface area contributed by atoms with Gasteiger partial charge in [-0.2, -0.15) is 4.99 Å². The summed E-state index contributed by atoms with van der Waals surface area (Å²) in [5.74, 6) is 0.169. The number of aliphatic imine (C=N–C) groups is 1. The predicted molar refractivity (Wildman–Crippen MR) is 64.5 cm³/mol. The summed E-state index contributed by atoms with van der Waals surface area (Å²) in [5.41, 5.74) is 1.71. The molecule has 0 saturated heterocycles. The summed E-state index contributed by atoms with van der Waals surface area (Å²) in [6.45, 7) is 0. The van der Waals surface area contributed by atoms with Crippen LogP contribution in [-0.2, 0) is 16.3 Å². The number of hydrogen-bond acceptors (Lipinski definition) is 4. The molecule has 1 rings (SSSR count). The van der Waals surface area contributed by atoms with E-state index in [0.29, 0.717) is 6.42 Å². The minimum atomic E-state index is -2.90. The first-order valence-electron chi connectivity index (χ1n) is 4.36. The third kappa shape index (κ3) is 4.83. The molecule has 0 aliphatic rings. The van der Waals surface area contributed by atoms with Gasteiger partial charge in [-0.15, -0.1) is 0 Å². The molecule has 0 aliphatic carbocycles. The van der Waals surface area contributed by atoms with Gasteiger partial charge in [0.25, 0.3) is 0 Å². The zero-order valence-electron chi connectivity index (χ0n) is 8.30. The number of benzene rings is 1. The zero-order valence-corrected chi connectivity index (χ0v) is 9.94. The van der Waals surface area contributed by atoms with Gasteiger partial charge in [0.2, 0.25) is 0 Å². The Morgan fingerprint density at radius 1 is 1.33 bits per heavy atom. The summed E-state index contributed by atoms with van der Waals surface area (Å²) in [7, 11) is -2.90. The van der Waals surface area contributed by atoms with Gasteiger partial charge in [0, 0.05) is 6.26 Å². The van der Waals surface area contributed by atoms with Crippen LogP contribution in [0.15, 0.2) is 29.3 Å². The van der Waals surface area contributed by atoms with Crippen molar-refractivity contribution in [3.8, 4) is 0 Å². The van der Waals surface area contributed by atoms with Crippen LogP contribution < -0.4 is 0 Å². The van der Waals surface area contributed by atoms with Crippen LogP contribution in [0.3, 0.4) is 0 Å². The Bertz CT molecular complexity index is 471. The Morgan fingerprint density at radius 3 is 2.40 bits per heavy atom. The lowest BCUT2D eigenvalue weighted by Gasteiger charge is -1.99. The Labute approximate surface area is 94.8 Å². The van der Waals surface area contributed by atoms with E-state index >= 15 is 0 Å². The number of sulfone groups is 1. The summed E-state index contributed by atoms with van der Waals surface area (Å²) >= 11 is 4.47. The predicted octanol–water partition coefficient (Wildman–Crippen LogP) is 2.01. The normalized spacial score (nSPS) is 10.7. The minimum absolute atomic E-state index is 0.169. The maximum atomic E-state index is 10.9. The number of hydrogen-bond donors (Lipinski definition) is 0. The molecule has 0 unspecified atom stereocenters. The summed E-state index contributed by atoms with van der Waals surface area (Å²) in [4.78, 5) is 3.80. The van der Waals surface area contributed by atoms with Crippen molar-refractivity contribution in [2.24, 2.45) is 4.99 Å². The minimum Gasteiger partial charge on any atom is -0.229 e. The first kappa shape index (κ1) is 12.0. The van der Waals surface area contributed by atoms with Crippen LogP contribution in [0.25, 0.3) is 0 Å². The highest BCUT2D eigenvalue weighted by molar-refractivity contribution is 7.90. The van der Waals surface area contributed by atoms with Crippen LogP contribution in [0.4, 0.5) is 5.69 Å². The first-order chi connectivity index (χ1) is 7.01. The van der Waals surface area contributed by atoms with Crippen molar-refractivity contribution in [3.05, 3.63) is 29.8 Å². The lowest BCUT2D eigenvalue weighted by Crippen LogP contribution is -2.05. The Hall–Kier alpha value is -1.03. The van der Waals surface area contributed by atoms with E-state index in [-0.39, 0.29) is 5.75 Å². The van der Waals surface area contributed by atoms with Gasteiger partial charge in [0.15, 0.2) is 0 Å². The SMILES string of the molecule is CS(=O)(=O)CCc1ccc(N=C=S)cc1. The molecular formula is C10H11NO2S2. The fourth-order valence-corrected chi connectivity index (χ4v) is 1.81. The van der Waals surface area contributed by atoms with Crippen LogP contribution in [-0.4, -0.2) is 25.6 Å². The smallest absolute Gasteiger partial charge is 0.147 e. The van der Waals surface area contributed by atoms with Gasteiger partial charge in [0.05, 0.1) is 16.6 Å². The molecule has 0 spiro atoms. The molecule has 0 aliphatic heterocycles. The van der Waals surface area contributed by atoms with Gasteiger partial charge in [0.1, 0.15) is 9.84 Å². The molecule has 0 bridgehead atoms. The van der Waals surface area contributed by atoms with Gasteiger partial charge < -0.3 is 0 Å². The van der Waals surface area contributed by atoms with Crippen molar-refractivity contribution in [2.45, 2.75) is 6.42 Å². The third-order valence-electron chi connectivity index (χ3n) is 1.87. The van der Waals surface area contributed by atoms with E-state index in [4.69, 9.17) is 0 Å². The van der Waals surface area contributed by atoms with Crippen LogP contribution in [0, 0.1) is 0 Å². The van der Waals surface area contributed by atoms with Gasteiger partial charge in [-0.3, -0.25) is 0 Å². The Morgan fingerprint density at radius 2 is 1.93 bits per heavy atom. The van der Waals surface area contributed by atoms with E-state index < -0.39 is 9.84 Å². The average Bonchev–Trinajstić information content (AvgIpc) is 2.16. The van der Waals surface area contributed by atoms with Crippen LogP contribution in [0.5, 0.6) is 0 Å². The summed E-state index contributed by atoms with van der Waals surface area (Å²) in [6.07, 6.45) is 1.76. The fraction of sp³-hybridized carbons (Fsp3) is 0.300. The fourth-order valence-electron chi connectivity index (χ4n) is 1.09. The van der Waals surface area contributed by atoms with E-state index in [9.17, 15) is 8.42 Å². The van der Waals surface area contributed by atoms with Gasteiger partial charge >= 0.3 is 0 Å². The summed E-state index contributed by atoms with van der Waals surface area (Å²) < 4.78 is 21.9. The first-order valence-corrected chi connectivity index (χ1v) is 6.83. The molecule has 0 amide bonds. The molecule has 1 aromatic rings. The topological polar surface area (TPSA) is 46.5 Å². The second-order valence-electron chi connectivity index (χ2n) is 3.25. The molecule has 0 N–H and O–H groups in total. The maximum absolute atomic E-state index is 10.9. The number of nitrogens with zero attached hydrogens (tertiary/aromatic N) is 1. The molecule has 1 aromatic carbocycles. The molecule has 15 heavy (non-hydrogen) atoms. The largest absolute Gasteiger partial charge is 0.229 e. The van der Waals surface area contributed by atoms with E-state index in [0.717, 1.165) is 11.3 Å². The highest BCUT2D eigenvalue weighted by atomic mass is 32.2. The number of isothiocyanates is 1. The van der Waals surface area contributed by atoms with Crippen molar-refractivity contribution in [3.63, 3.8) is 0 Å². The third-order valence-corrected chi connectivity index (χ3v) is 2.91. The van der Waals surface area contributed by atoms with Crippen LogP contribution in [0.1, 0.15) is 5.56 Å². The second-order valence-corrected chi connectivity index (χ2v) is 5.69. The van der Waals surface area contributed by atoms with Crippen molar-refractivity contribution in [2.75, 3.05) is 12.0 Å². The van der Waals surface area contributed by atoms with Crippen molar-refractivity contribution >= 4 is 32.9 Å². The number of rotatable bonds is 4. The molecule has 3 nitrogen and oxygen atoms in total. The molecule has 0 radical (unpaired) electrons. The van der Waals surface area contributed by atoms with Gasteiger partial charge in [-0.1, -0.05) is 12.1 Å². The molecule has 80 valence electrons. The molecule has 0 aromatic heterocycles. The standard InChI is InChI=1S/C10H11NO2S2/c1-15(12,13)7-6-9-2-4-10(5-3-9)11-8-14/h2-5H,6-7H2,1H3. The zero-order chi connectivity index (χ0) is 11.3. The quantitative estimate of drug-likeness (QED) is 0.598. The molecule has 5 heteroatoms. The molecule has 0 saturated carbocycles. The van der Waals surface area contributed by atoms with Gasteiger partial charge in [-0.05, 0) is 36.3 Å². The van der Waals surface area contributed by atoms with E-state index in [2.05, 4.69) is 22.4 Å². The monoisotopic (exact) mass is 241 g/mol. The average molecular weight is 241 g/mol. The summed E-state index contributed by atoms with van der Waals surface area (Å²) in [6, 6.07) is 7.27. The highest BCUT2D eigenvalue weighted by Gasteiger charge is 2.02. The van der Waals surface area contributed by atoms with Crippen LogP contribution in [0.2, 0.25) is 0 Å². The number of aryl methyl sites for hydroxylation is 1. The molecule has 0 atom stereocenters. The van der Waals surface area contributed by atoms with Crippen molar-refractivity contribution in [1.29, 1.82) is 0 Å². The summed E-state index contributed by atoms with van der Waals surface area (Å²) in [5, 5.41) is 2.27. The number of thiocarbonyl (C=S) groups is 1. The molecule has 0 fully saturated rings. The maximum Gasteiger partial charge on any atom is 0.147 e. The Kier molecular flexibility index (Phi) is 4.15. The van der Waals surface area contributed by atoms with Crippen LogP contribution >= 0.6 is 12.2 Å². The van der Waals surface area contributed by atoms with Gasteiger partial charge in [-0.25, -0.2) is 8.42 Å². The Balaban J connectivity index is 2.69. The molecule has 0 heterocycles. The lowest BCUT2D eigenvalue weighted by molar-refractivity contribution is 0.601. The molecular weight excluding hydrogens is 230 g/mol. The highest BCUT2D eigenvalue weighted by Crippen LogP contribution is 2.12. The van der Waals surface area contributed by atoms with E-state index in [1.165, 1.54) is 6.26 Å². The van der Waals surface area contributed by atoms with E-state index in [1.807, 2.05) is 12.1 Å². The second kappa shape index (κ2) is 5.16.